The molecule has 0 aliphatic carbocycles. The second kappa shape index (κ2) is 14.1. The lowest BCUT2D eigenvalue weighted by Gasteiger charge is -2.37. The Balaban J connectivity index is 1.42. The van der Waals surface area contributed by atoms with Gasteiger partial charge in [0, 0.05) is 18.2 Å². The van der Waals surface area contributed by atoms with Crippen molar-refractivity contribution in [2.75, 3.05) is 20.8 Å². The van der Waals surface area contributed by atoms with Gasteiger partial charge >= 0.3 is 11.7 Å². The van der Waals surface area contributed by atoms with E-state index in [-0.39, 0.29) is 13.0 Å². The highest BCUT2D eigenvalue weighted by atomic mass is 16.6. The zero-order chi connectivity index (χ0) is 33.7. The number of aryl methyl sites for hydroxylation is 1. The van der Waals surface area contributed by atoms with E-state index in [0.29, 0.717) is 22.6 Å². The van der Waals surface area contributed by atoms with E-state index in [0.717, 1.165) is 16.7 Å². The fourth-order valence-electron chi connectivity index (χ4n) is 6.01. The predicted octanol–water partition coefficient (Wildman–Crippen LogP) is 5.38. The number of carbonyl (C=O) groups excluding carboxylic acids is 1. The fraction of sp³-hybridized carbons (Fsp3) is 0.237. The maximum Gasteiger partial charge on any atom is 0.338 e. The van der Waals surface area contributed by atoms with Gasteiger partial charge in [0.15, 0.2) is 0 Å². The minimum atomic E-state index is -1.15. The maximum absolute atomic E-state index is 13.3. The Hall–Kier alpha value is -5.45. The molecule has 4 aromatic carbocycles. The van der Waals surface area contributed by atoms with E-state index in [1.165, 1.54) is 10.8 Å². The molecular weight excluding hydrogens is 612 g/mol. The normalized spacial score (nSPS) is 17.5. The summed E-state index contributed by atoms with van der Waals surface area (Å²) in [4.78, 5) is 40.6. The molecule has 0 bridgehead atoms. The van der Waals surface area contributed by atoms with Crippen LogP contribution in [0.4, 0.5) is 0 Å². The maximum atomic E-state index is 13.3. The van der Waals surface area contributed by atoms with Gasteiger partial charge in [-0.2, -0.15) is 0 Å². The molecule has 3 atom stereocenters. The Kier molecular flexibility index (Phi) is 9.56. The fourth-order valence-corrected chi connectivity index (χ4v) is 6.01. The molecule has 48 heavy (non-hydrogen) atoms. The van der Waals surface area contributed by atoms with E-state index in [1.54, 1.807) is 45.4 Å². The number of aromatic nitrogens is 2. The summed E-state index contributed by atoms with van der Waals surface area (Å²) in [6, 6.07) is 33.7. The van der Waals surface area contributed by atoms with Crippen molar-refractivity contribution < 1.29 is 28.5 Å². The van der Waals surface area contributed by atoms with E-state index < -0.39 is 41.3 Å². The van der Waals surface area contributed by atoms with Gasteiger partial charge < -0.3 is 23.7 Å². The summed E-state index contributed by atoms with van der Waals surface area (Å²) in [6.07, 6.45) is -0.804. The summed E-state index contributed by atoms with van der Waals surface area (Å²) >= 11 is 0. The smallest absolute Gasteiger partial charge is 0.338 e. The molecule has 0 spiro atoms. The Morgan fingerprint density at radius 1 is 0.812 bits per heavy atom. The summed E-state index contributed by atoms with van der Waals surface area (Å²) in [5, 5.41) is 0. The third kappa shape index (κ3) is 6.53. The number of aromatic amines is 1. The van der Waals surface area contributed by atoms with E-state index in [4.69, 9.17) is 23.7 Å². The SMILES string of the molecule is COc1ccc(C(OC[C@H]2O[C@@H](n3cc(C)c(=O)[nH]c3=O)C[C@@H]2OC(=O)c2ccccc2)(c2ccccc2)c2ccc(OC)cc2)cc1. The van der Waals surface area contributed by atoms with Gasteiger partial charge in [0.1, 0.15) is 35.5 Å². The largest absolute Gasteiger partial charge is 0.497 e. The number of hydrogen-bond acceptors (Lipinski definition) is 8. The summed E-state index contributed by atoms with van der Waals surface area (Å²) < 4.78 is 31.8. The van der Waals surface area contributed by atoms with Crippen molar-refractivity contribution in [2.45, 2.75) is 37.4 Å². The Bertz CT molecular complexity index is 1910. The molecule has 246 valence electrons. The topological polar surface area (TPSA) is 118 Å². The zero-order valence-corrected chi connectivity index (χ0v) is 26.8. The van der Waals surface area contributed by atoms with Crippen LogP contribution in [0, 0.1) is 6.92 Å². The van der Waals surface area contributed by atoms with E-state index in [1.807, 2.05) is 84.9 Å². The summed E-state index contributed by atoms with van der Waals surface area (Å²) in [5.74, 6) is 0.846. The standard InChI is InChI=1S/C38H36N2O8/c1-25-23-40(37(43)39-35(25)41)34-22-32(48-36(42)26-10-6-4-7-11-26)33(47-34)24-46-38(27-12-8-5-9-13-27,28-14-18-30(44-2)19-15-28)29-16-20-31(45-3)21-17-29/h4-21,23,32-34H,22,24H2,1-3H3,(H,39,41,43)/t32-,33+,34+/m0/s1. The van der Waals surface area contributed by atoms with Crippen LogP contribution in [0.2, 0.25) is 0 Å². The number of hydrogen-bond donors (Lipinski definition) is 1. The van der Waals surface area contributed by atoms with Crippen LogP contribution in [-0.2, 0) is 19.8 Å². The first-order valence-electron chi connectivity index (χ1n) is 15.5. The number of methoxy groups -OCH3 is 2. The Morgan fingerprint density at radius 2 is 1.35 bits per heavy atom. The van der Waals surface area contributed by atoms with Crippen molar-refractivity contribution in [3.05, 3.63) is 164 Å². The van der Waals surface area contributed by atoms with Crippen molar-refractivity contribution in [1.82, 2.24) is 9.55 Å². The Morgan fingerprint density at radius 3 is 1.92 bits per heavy atom. The first-order valence-corrected chi connectivity index (χ1v) is 15.5. The lowest BCUT2D eigenvalue weighted by molar-refractivity contribution is -0.0967. The quantitative estimate of drug-likeness (QED) is 0.150. The monoisotopic (exact) mass is 648 g/mol. The van der Waals surface area contributed by atoms with Gasteiger partial charge in [0.25, 0.3) is 5.56 Å². The molecule has 6 rings (SSSR count). The number of benzene rings is 4. The van der Waals surface area contributed by atoms with Gasteiger partial charge in [-0.1, -0.05) is 72.8 Å². The third-order valence-corrected chi connectivity index (χ3v) is 8.54. The van der Waals surface area contributed by atoms with Crippen molar-refractivity contribution >= 4 is 5.97 Å². The van der Waals surface area contributed by atoms with Crippen LogP contribution in [0.1, 0.15) is 45.3 Å². The van der Waals surface area contributed by atoms with Crippen LogP contribution in [0.3, 0.4) is 0 Å². The molecule has 1 aromatic heterocycles. The van der Waals surface area contributed by atoms with Gasteiger partial charge in [0.05, 0.1) is 26.4 Å². The molecular formula is C38H36N2O8. The highest BCUT2D eigenvalue weighted by molar-refractivity contribution is 5.89. The molecule has 0 saturated carbocycles. The van der Waals surface area contributed by atoms with Crippen molar-refractivity contribution in [3.8, 4) is 11.5 Å². The van der Waals surface area contributed by atoms with Crippen LogP contribution in [0.15, 0.2) is 125 Å². The number of rotatable bonds is 11. The molecule has 1 aliphatic rings. The van der Waals surface area contributed by atoms with Crippen LogP contribution in [0.25, 0.3) is 0 Å². The molecule has 2 heterocycles. The average Bonchev–Trinajstić information content (AvgIpc) is 3.53. The minimum Gasteiger partial charge on any atom is -0.497 e. The second-order valence-electron chi connectivity index (χ2n) is 11.5. The molecule has 5 aromatic rings. The molecule has 10 heteroatoms. The second-order valence-corrected chi connectivity index (χ2v) is 11.5. The van der Waals surface area contributed by atoms with Gasteiger partial charge in [-0.05, 0) is 60.0 Å². The Labute approximate surface area is 277 Å². The molecule has 0 radical (unpaired) electrons. The van der Waals surface area contributed by atoms with Crippen LogP contribution in [0.5, 0.6) is 11.5 Å². The number of nitrogens with one attached hydrogen (secondary N) is 1. The molecule has 1 aliphatic heterocycles. The molecule has 1 fully saturated rings. The lowest BCUT2D eigenvalue weighted by atomic mass is 9.80. The zero-order valence-electron chi connectivity index (χ0n) is 26.8. The number of nitrogens with zero attached hydrogens (tertiary/aromatic N) is 1. The van der Waals surface area contributed by atoms with Gasteiger partial charge in [-0.15, -0.1) is 0 Å². The third-order valence-electron chi connectivity index (χ3n) is 8.54. The molecule has 10 nitrogen and oxygen atoms in total. The van der Waals surface area contributed by atoms with E-state index in [9.17, 15) is 14.4 Å². The molecule has 1 N–H and O–H groups in total. The number of esters is 1. The van der Waals surface area contributed by atoms with E-state index in [2.05, 4.69) is 4.98 Å². The first kappa shape index (κ1) is 32.5. The van der Waals surface area contributed by atoms with Crippen LogP contribution >= 0.6 is 0 Å². The van der Waals surface area contributed by atoms with Crippen LogP contribution < -0.4 is 20.7 Å². The van der Waals surface area contributed by atoms with Crippen molar-refractivity contribution in [1.29, 1.82) is 0 Å². The van der Waals surface area contributed by atoms with Crippen LogP contribution in [-0.4, -0.2) is 48.6 Å². The molecule has 0 unspecified atom stereocenters. The van der Waals surface area contributed by atoms with Gasteiger partial charge in [-0.25, -0.2) is 9.59 Å². The number of carbonyl (C=O) groups is 1. The minimum absolute atomic E-state index is 0.0344. The molecule has 1 saturated heterocycles. The summed E-state index contributed by atoms with van der Waals surface area (Å²) in [6.45, 7) is 1.57. The van der Waals surface area contributed by atoms with E-state index >= 15 is 0 Å². The highest BCUT2D eigenvalue weighted by Gasteiger charge is 2.44. The van der Waals surface area contributed by atoms with Crippen molar-refractivity contribution in [3.63, 3.8) is 0 Å². The number of H-pyrrole nitrogens is 1. The summed E-state index contributed by atoms with van der Waals surface area (Å²) in [5.41, 5.74) is 0.957. The van der Waals surface area contributed by atoms with Crippen molar-refractivity contribution in [2.24, 2.45) is 0 Å². The lowest BCUT2D eigenvalue weighted by Crippen LogP contribution is -2.39. The van der Waals surface area contributed by atoms with Gasteiger partial charge in [0.2, 0.25) is 0 Å². The molecule has 0 amide bonds. The first-order chi connectivity index (χ1) is 23.3. The summed E-state index contributed by atoms with van der Waals surface area (Å²) in [7, 11) is 3.22. The highest BCUT2D eigenvalue weighted by Crippen LogP contribution is 2.43. The predicted molar refractivity (Wildman–Crippen MR) is 178 cm³/mol. The number of ether oxygens (including phenoxy) is 5. The van der Waals surface area contributed by atoms with Gasteiger partial charge in [-0.3, -0.25) is 14.3 Å². The average molecular weight is 649 g/mol.